The van der Waals surface area contributed by atoms with Gasteiger partial charge in [0.2, 0.25) is 29.5 Å². The van der Waals surface area contributed by atoms with Crippen molar-refractivity contribution in [2.24, 2.45) is 23.5 Å². The number of nitrogens with zero attached hydrogens (tertiary/aromatic N) is 1. The summed E-state index contributed by atoms with van der Waals surface area (Å²) in [4.78, 5) is 86.5. The highest BCUT2D eigenvalue weighted by Gasteiger charge is 2.39. The van der Waals surface area contributed by atoms with E-state index in [0.717, 1.165) is 5.56 Å². The third-order valence-corrected chi connectivity index (χ3v) is 7.51. The highest BCUT2D eigenvalue weighted by molar-refractivity contribution is 6.03. The fraction of sp³-hybridized carbons (Fsp3) is 0.594. The first-order chi connectivity index (χ1) is 21.8. The summed E-state index contributed by atoms with van der Waals surface area (Å²) in [6.45, 7) is 7.63. The zero-order valence-corrected chi connectivity index (χ0v) is 27.2. The summed E-state index contributed by atoms with van der Waals surface area (Å²) in [5.41, 5.74) is 6.30. The summed E-state index contributed by atoms with van der Waals surface area (Å²) in [7, 11) is 0. The van der Waals surface area contributed by atoms with Crippen molar-refractivity contribution >= 4 is 47.2 Å². The minimum absolute atomic E-state index is 0.0992. The van der Waals surface area contributed by atoms with Gasteiger partial charge >= 0.3 is 12.0 Å². The van der Waals surface area contributed by atoms with Crippen LogP contribution in [0, 0.1) is 17.8 Å². The van der Waals surface area contributed by atoms with E-state index in [0.29, 0.717) is 37.9 Å². The van der Waals surface area contributed by atoms with Crippen molar-refractivity contribution < 1.29 is 38.3 Å². The number of primary amides is 1. The maximum Gasteiger partial charge on any atom is 0.312 e. The number of nitrogens with two attached hydrogens (primary N) is 1. The van der Waals surface area contributed by atoms with E-state index in [-0.39, 0.29) is 80.4 Å². The van der Waals surface area contributed by atoms with E-state index in [1.165, 1.54) is 4.90 Å². The quantitative estimate of drug-likeness (QED) is 0.0853. The number of hydrogen-bond acceptors (Lipinski definition) is 8. The molecule has 0 aliphatic carbocycles. The molecule has 1 heterocycles. The molecule has 1 aliphatic rings. The van der Waals surface area contributed by atoms with E-state index in [4.69, 9.17) is 10.5 Å². The van der Waals surface area contributed by atoms with Gasteiger partial charge in [-0.1, -0.05) is 46.2 Å². The molecule has 1 saturated heterocycles. The fourth-order valence-electron chi connectivity index (χ4n) is 4.73. The Morgan fingerprint density at radius 1 is 0.935 bits per heavy atom. The molecule has 2 rings (SSSR count). The minimum Gasteiger partial charge on any atom is -0.461 e. The molecule has 46 heavy (non-hydrogen) atoms. The number of anilines is 1. The van der Waals surface area contributed by atoms with E-state index in [1.807, 2.05) is 13.8 Å². The second-order valence-corrected chi connectivity index (χ2v) is 12.0. The first-order valence-corrected chi connectivity index (χ1v) is 15.8. The Balaban J connectivity index is 1.79. The molecule has 254 valence electrons. The van der Waals surface area contributed by atoms with Crippen LogP contribution >= 0.6 is 0 Å². The van der Waals surface area contributed by atoms with Crippen LogP contribution < -0.4 is 27.0 Å². The van der Waals surface area contributed by atoms with Gasteiger partial charge < -0.3 is 31.7 Å². The Labute approximate surface area is 269 Å². The molecule has 1 aromatic carbocycles. The van der Waals surface area contributed by atoms with Crippen molar-refractivity contribution in [3.63, 3.8) is 0 Å². The normalized spacial score (nSPS) is 15.1. The molecule has 2 unspecified atom stereocenters. The topological polar surface area (TPSA) is 206 Å². The van der Waals surface area contributed by atoms with Crippen LogP contribution in [0.3, 0.4) is 0 Å². The third kappa shape index (κ3) is 13.2. The predicted octanol–water partition coefficient (Wildman–Crippen LogP) is 1.97. The van der Waals surface area contributed by atoms with Gasteiger partial charge in [0.25, 0.3) is 0 Å². The second-order valence-electron chi connectivity index (χ2n) is 12.0. The largest absolute Gasteiger partial charge is 0.461 e. The smallest absolute Gasteiger partial charge is 0.312 e. The fourth-order valence-corrected chi connectivity index (χ4v) is 4.73. The van der Waals surface area contributed by atoms with Gasteiger partial charge in [-0.2, -0.15) is 0 Å². The van der Waals surface area contributed by atoms with Crippen molar-refractivity contribution in [3.05, 3.63) is 29.8 Å². The molecule has 6 N–H and O–H groups in total. The molecule has 0 radical (unpaired) electrons. The number of hydrogen-bond donors (Lipinski definition) is 5. The molecule has 14 nitrogen and oxygen atoms in total. The molecule has 2 atom stereocenters. The van der Waals surface area contributed by atoms with Gasteiger partial charge in [-0.15, -0.1) is 0 Å². The van der Waals surface area contributed by atoms with E-state index in [1.54, 1.807) is 38.1 Å². The van der Waals surface area contributed by atoms with Gasteiger partial charge in [0.1, 0.15) is 12.6 Å². The highest BCUT2D eigenvalue weighted by Crippen LogP contribution is 2.26. The van der Waals surface area contributed by atoms with Crippen LogP contribution in [-0.4, -0.2) is 72.1 Å². The first kappa shape index (κ1) is 37.7. The van der Waals surface area contributed by atoms with Gasteiger partial charge in [-0.05, 0) is 49.3 Å². The molecule has 14 heteroatoms. The lowest BCUT2D eigenvalue weighted by atomic mass is 9.94. The zero-order chi connectivity index (χ0) is 34.2. The maximum absolute atomic E-state index is 13.0. The zero-order valence-electron chi connectivity index (χ0n) is 27.2. The SMILES string of the molecule is CC(C)C(=O)OCc1ccc(NC(=O)C(CCCNC(N)=O)NC(=O)CNC(=O)CCCCCN2C(=O)CC(C(C)C)C2=O)cc1. The molecule has 0 spiro atoms. The standard InChI is InChI=1S/C32H48N6O8/c1-20(2)24-17-28(41)38(30(24)43)16-7-5-6-10-26(39)35-18-27(40)37-25(9-8-15-34-32(33)45)29(42)36-23-13-11-22(12-14-23)19-46-31(44)21(3)4/h11-14,20-21,24-25H,5-10,15-19H2,1-4H3,(H,35,39)(H,36,42)(H,37,40)(H3,33,34,45). The average Bonchev–Trinajstić information content (AvgIpc) is 3.29. The van der Waals surface area contributed by atoms with E-state index in [9.17, 15) is 33.6 Å². The van der Waals surface area contributed by atoms with Crippen LogP contribution in [0.15, 0.2) is 24.3 Å². The molecular weight excluding hydrogens is 596 g/mol. The van der Waals surface area contributed by atoms with Crippen molar-refractivity contribution in [1.82, 2.24) is 20.9 Å². The Morgan fingerprint density at radius 3 is 2.24 bits per heavy atom. The molecule has 1 aliphatic heterocycles. The third-order valence-electron chi connectivity index (χ3n) is 7.51. The lowest BCUT2D eigenvalue weighted by molar-refractivity contribution is -0.148. The summed E-state index contributed by atoms with van der Waals surface area (Å²) < 4.78 is 5.21. The molecule has 1 fully saturated rings. The molecule has 7 amide bonds. The number of benzene rings is 1. The van der Waals surface area contributed by atoms with Gasteiger partial charge in [-0.25, -0.2) is 4.79 Å². The van der Waals surface area contributed by atoms with Gasteiger partial charge in [-0.3, -0.25) is 33.7 Å². The van der Waals surface area contributed by atoms with Crippen molar-refractivity contribution in [1.29, 1.82) is 0 Å². The summed E-state index contributed by atoms with van der Waals surface area (Å²) >= 11 is 0. The number of carbonyl (C=O) groups excluding carboxylic acids is 7. The second kappa shape index (κ2) is 19.1. The van der Waals surface area contributed by atoms with Crippen LogP contribution in [0.4, 0.5) is 10.5 Å². The van der Waals surface area contributed by atoms with Crippen LogP contribution in [0.2, 0.25) is 0 Å². The van der Waals surface area contributed by atoms with Gasteiger partial charge in [0.15, 0.2) is 0 Å². The number of nitrogens with one attached hydrogen (secondary N) is 4. The molecule has 1 aromatic rings. The van der Waals surface area contributed by atoms with Crippen LogP contribution in [0.5, 0.6) is 0 Å². The molecular formula is C32H48N6O8. The van der Waals surface area contributed by atoms with Crippen LogP contribution in [0.1, 0.15) is 78.2 Å². The summed E-state index contributed by atoms with van der Waals surface area (Å²) in [6, 6.07) is 5.04. The number of carbonyl (C=O) groups is 7. The highest BCUT2D eigenvalue weighted by atomic mass is 16.5. The van der Waals surface area contributed by atoms with Gasteiger partial charge in [0, 0.05) is 37.5 Å². The van der Waals surface area contributed by atoms with E-state index < -0.39 is 23.9 Å². The van der Waals surface area contributed by atoms with Crippen LogP contribution in [-0.2, 0) is 40.1 Å². The maximum atomic E-state index is 13.0. The predicted molar refractivity (Wildman–Crippen MR) is 170 cm³/mol. The van der Waals surface area contributed by atoms with Crippen molar-refractivity contribution in [3.8, 4) is 0 Å². The molecule has 0 bridgehead atoms. The lowest BCUT2D eigenvalue weighted by Crippen LogP contribution is -2.47. The Hall–Kier alpha value is -4.49. The summed E-state index contributed by atoms with van der Waals surface area (Å²) in [5.74, 6) is -2.38. The minimum atomic E-state index is -0.961. The van der Waals surface area contributed by atoms with Crippen LogP contribution in [0.25, 0.3) is 0 Å². The number of urea groups is 1. The number of imide groups is 1. The van der Waals surface area contributed by atoms with Crippen molar-refractivity contribution in [2.45, 2.75) is 85.3 Å². The number of ether oxygens (including phenoxy) is 1. The first-order valence-electron chi connectivity index (χ1n) is 15.8. The molecule has 0 aromatic heterocycles. The van der Waals surface area contributed by atoms with Gasteiger partial charge in [0.05, 0.1) is 12.5 Å². The Kier molecular flexibility index (Phi) is 15.7. The van der Waals surface area contributed by atoms with Crippen molar-refractivity contribution in [2.75, 3.05) is 25.0 Å². The average molecular weight is 645 g/mol. The summed E-state index contributed by atoms with van der Waals surface area (Å²) in [6.07, 6.45) is 2.70. The number of rotatable bonds is 19. The number of esters is 1. The molecule has 0 saturated carbocycles. The number of likely N-dealkylation sites (tertiary alicyclic amines) is 1. The Morgan fingerprint density at radius 2 is 1.63 bits per heavy atom. The number of unbranched alkanes of at least 4 members (excludes halogenated alkanes) is 2. The Bertz CT molecular complexity index is 1230. The monoisotopic (exact) mass is 644 g/mol. The van der Waals surface area contributed by atoms with E-state index in [2.05, 4.69) is 21.3 Å². The lowest BCUT2D eigenvalue weighted by Gasteiger charge is -2.19. The van der Waals surface area contributed by atoms with E-state index >= 15 is 0 Å². The number of amides is 7. The summed E-state index contributed by atoms with van der Waals surface area (Å²) in [5, 5.41) is 10.3.